The normalized spacial score (nSPS) is 12.7. The molecular weight excluding hydrogens is 262 g/mol. The zero-order valence-corrected chi connectivity index (χ0v) is 12.3. The molecule has 0 aliphatic rings. The molecule has 4 nitrogen and oxygen atoms in total. The van der Waals surface area contributed by atoms with Gasteiger partial charge < -0.3 is 4.74 Å². The third kappa shape index (κ3) is 4.56. The number of methoxy groups -OCH3 is 1. The van der Waals surface area contributed by atoms with Crippen LogP contribution in [0.5, 0.6) is 5.75 Å². The fourth-order valence-corrected chi connectivity index (χ4v) is 3.73. The van der Waals surface area contributed by atoms with E-state index in [1.807, 2.05) is 19.9 Å². The molecule has 0 saturated heterocycles. The zero-order chi connectivity index (χ0) is 14.5. The van der Waals surface area contributed by atoms with Crippen LogP contribution in [0.1, 0.15) is 31.4 Å². The van der Waals surface area contributed by atoms with Crippen LogP contribution in [0.15, 0.2) is 18.2 Å². The molecule has 0 spiro atoms. The molecule has 5 heteroatoms. The highest BCUT2D eigenvalue weighted by Gasteiger charge is 2.18. The average Bonchev–Trinajstić information content (AvgIpc) is 2.37. The maximum Gasteiger partial charge on any atom is 0.154 e. The van der Waals surface area contributed by atoms with Gasteiger partial charge in [0.05, 0.1) is 30.2 Å². The first-order valence-corrected chi connectivity index (χ1v) is 8.01. The molecule has 1 aromatic rings. The first-order valence-electron chi connectivity index (χ1n) is 6.19. The number of sulfone groups is 1. The molecule has 0 fully saturated rings. The standard InChI is InChI=1S/C14H19NO3S/c1-4-11(2)9-19(16,17)10-13-7-12(8-15)5-6-14(13)18-3/h5-7,11H,4,9-10H2,1-3H3. The Morgan fingerprint density at radius 2 is 2.11 bits per heavy atom. The minimum absolute atomic E-state index is 0.0873. The summed E-state index contributed by atoms with van der Waals surface area (Å²) >= 11 is 0. The van der Waals surface area contributed by atoms with Gasteiger partial charge in [0.1, 0.15) is 5.75 Å². The SMILES string of the molecule is CCC(C)CS(=O)(=O)Cc1cc(C#N)ccc1OC. The summed E-state index contributed by atoms with van der Waals surface area (Å²) in [6.07, 6.45) is 0.828. The first-order chi connectivity index (χ1) is 8.91. The van der Waals surface area contributed by atoms with Crippen molar-refractivity contribution in [3.8, 4) is 11.8 Å². The van der Waals surface area contributed by atoms with Gasteiger partial charge in [0.15, 0.2) is 9.84 Å². The molecule has 1 aromatic carbocycles. The van der Waals surface area contributed by atoms with E-state index in [1.165, 1.54) is 7.11 Å². The van der Waals surface area contributed by atoms with E-state index in [2.05, 4.69) is 0 Å². The fraction of sp³-hybridized carbons (Fsp3) is 0.500. The van der Waals surface area contributed by atoms with Gasteiger partial charge in [-0.05, 0) is 24.1 Å². The minimum Gasteiger partial charge on any atom is -0.496 e. The van der Waals surface area contributed by atoms with Gasteiger partial charge in [-0.3, -0.25) is 0 Å². The smallest absolute Gasteiger partial charge is 0.154 e. The molecule has 0 aromatic heterocycles. The molecule has 104 valence electrons. The van der Waals surface area contributed by atoms with Crippen molar-refractivity contribution >= 4 is 9.84 Å². The van der Waals surface area contributed by atoms with Gasteiger partial charge in [-0.1, -0.05) is 20.3 Å². The summed E-state index contributed by atoms with van der Waals surface area (Å²) in [4.78, 5) is 0. The summed E-state index contributed by atoms with van der Waals surface area (Å²) in [5.74, 6) is 0.710. The van der Waals surface area contributed by atoms with Crippen molar-refractivity contribution in [2.75, 3.05) is 12.9 Å². The lowest BCUT2D eigenvalue weighted by Gasteiger charge is -2.12. The largest absolute Gasteiger partial charge is 0.496 e. The Kier molecular flexibility index (Phi) is 5.37. The summed E-state index contributed by atoms with van der Waals surface area (Å²) in [6.45, 7) is 3.89. The molecule has 1 atom stereocenters. The number of nitriles is 1. The number of rotatable bonds is 6. The van der Waals surface area contributed by atoms with E-state index in [0.717, 1.165) is 6.42 Å². The van der Waals surface area contributed by atoms with Crippen LogP contribution in [0.4, 0.5) is 0 Å². The molecule has 0 saturated carbocycles. The number of nitrogens with zero attached hydrogens (tertiary/aromatic N) is 1. The van der Waals surface area contributed by atoms with Crippen LogP contribution in [-0.4, -0.2) is 21.3 Å². The molecule has 0 amide bonds. The lowest BCUT2D eigenvalue weighted by molar-refractivity contribution is 0.411. The fourth-order valence-electron chi connectivity index (χ4n) is 1.81. The Balaban J connectivity index is 3.01. The van der Waals surface area contributed by atoms with E-state index in [0.29, 0.717) is 16.9 Å². The highest BCUT2D eigenvalue weighted by molar-refractivity contribution is 7.90. The Hall–Kier alpha value is -1.54. The van der Waals surface area contributed by atoms with Gasteiger partial charge in [-0.25, -0.2) is 8.42 Å². The second-order valence-corrected chi connectivity index (χ2v) is 6.82. The number of hydrogen-bond donors (Lipinski definition) is 0. The minimum atomic E-state index is -3.19. The van der Waals surface area contributed by atoms with Crippen molar-refractivity contribution < 1.29 is 13.2 Å². The van der Waals surface area contributed by atoms with Gasteiger partial charge in [0.25, 0.3) is 0 Å². The van der Waals surface area contributed by atoms with Crippen molar-refractivity contribution in [1.82, 2.24) is 0 Å². The number of benzene rings is 1. The van der Waals surface area contributed by atoms with E-state index >= 15 is 0 Å². The van der Waals surface area contributed by atoms with Gasteiger partial charge in [0, 0.05) is 5.56 Å². The van der Waals surface area contributed by atoms with Crippen LogP contribution in [0.25, 0.3) is 0 Å². The molecule has 1 rings (SSSR count). The van der Waals surface area contributed by atoms with E-state index in [-0.39, 0.29) is 17.4 Å². The highest BCUT2D eigenvalue weighted by atomic mass is 32.2. The molecule has 19 heavy (non-hydrogen) atoms. The predicted octanol–water partition coefficient (Wildman–Crippen LogP) is 2.53. The van der Waals surface area contributed by atoms with Crippen LogP contribution in [0.2, 0.25) is 0 Å². The molecule has 0 radical (unpaired) electrons. The number of ether oxygens (including phenoxy) is 1. The molecule has 1 unspecified atom stereocenters. The van der Waals surface area contributed by atoms with Crippen LogP contribution < -0.4 is 4.74 Å². The van der Waals surface area contributed by atoms with E-state index in [1.54, 1.807) is 18.2 Å². The van der Waals surface area contributed by atoms with E-state index in [9.17, 15) is 8.42 Å². The topological polar surface area (TPSA) is 67.2 Å². The molecule has 0 aliphatic carbocycles. The van der Waals surface area contributed by atoms with Crippen LogP contribution in [0, 0.1) is 17.2 Å². The van der Waals surface area contributed by atoms with Gasteiger partial charge in [0.2, 0.25) is 0 Å². The third-order valence-electron chi connectivity index (χ3n) is 3.02. The molecular formula is C14H19NO3S. The predicted molar refractivity (Wildman–Crippen MR) is 74.7 cm³/mol. The summed E-state index contributed by atoms with van der Waals surface area (Å²) in [5.41, 5.74) is 0.986. The first kappa shape index (κ1) is 15.5. The van der Waals surface area contributed by atoms with Gasteiger partial charge >= 0.3 is 0 Å². The zero-order valence-electron chi connectivity index (χ0n) is 11.5. The van der Waals surface area contributed by atoms with Gasteiger partial charge in [-0.15, -0.1) is 0 Å². The van der Waals surface area contributed by atoms with Crippen molar-refractivity contribution in [3.05, 3.63) is 29.3 Å². The summed E-state index contributed by atoms with van der Waals surface area (Å²) < 4.78 is 29.3. The van der Waals surface area contributed by atoms with Gasteiger partial charge in [-0.2, -0.15) is 5.26 Å². The molecule has 0 aliphatic heterocycles. The second-order valence-electron chi connectivity index (χ2n) is 4.71. The van der Waals surface area contributed by atoms with E-state index in [4.69, 9.17) is 10.00 Å². The number of hydrogen-bond acceptors (Lipinski definition) is 4. The average molecular weight is 281 g/mol. The molecule has 0 bridgehead atoms. The maximum atomic E-state index is 12.1. The summed E-state index contributed by atoms with van der Waals surface area (Å²) in [7, 11) is -1.70. The lowest BCUT2D eigenvalue weighted by atomic mass is 10.1. The second kappa shape index (κ2) is 6.58. The molecule has 0 heterocycles. The van der Waals surface area contributed by atoms with E-state index < -0.39 is 9.84 Å². The van der Waals surface area contributed by atoms with Crippen molar-refractivity contribution in [1.29, 1.82) is 5.26 Å². The lowest BCUT2D eigenvalue weighted by Crippen LogP contribution is -2.15. The van der Waals surface area contributed by atoms with Crippen molar-refractivity contribution in [2.24, 2.45) is 5.92 Å². The summed E-state index contributed by atoms with van der Waals surface area (Å²) in [5, 5.41) is 8.87. The van der Waals surface area contributed by atoms with Crippen molar-refractivity contribution in [3.63, 3.8) is 0 Å². The monoisotopic (exact) mass is 281 g/mol. The Labute approximate surface area is 114 Å². The van der Waals surface area contributed by atoms with Crippen LogP contribution in [-0.2, 0) is 15.6 Å². The third-order valence-corrected chi connectivity index (χ3v) is 4.85. The van der Waals surface area contributed by atoms with Crippen LogP contribution in [0.3, 0.4) is 0 Å². The van der Waals surface area contributed by atoms with Crippen molar-refractivity contribution in [2.45, 2.75) is 26.0 Å². The molecule has 0 N–H and O–H groups in total. The summed E-state index contributed by atoms with van der Waals surface area (Å²) in [6, 6.07) is 6.83. The van der Waals surface area contributed by atoms with Crippen LogP contribution >= 0.6 is 0 Å². The Bertz CT molecular complexity index is 573. The Morgan fingerprint density at radius 3 is 2.63 bits per heavy atom. The maximum absolute atomic E-state index is 12.1. The quantitative estimate of drug-likeness (QED) is 0.803. The Morgan fingerprint density at radius 1 is 1.42 bits per heavy atom. The highest BCUT2D eigenvalue weighted by Crippen LogP contribution is 2.23.